The summed E-state index contributed by atoms with van der Waals surface area (Å²) in [7, 11) is 0. The third kappa shape index (κ3) is 3.04. The zero-order valence-electron chi connectivity index (χ0n) is 11.5. The number of fused-ring (bicyclic) bond motifs is 1. The molecule has 0 aromatic rings. The summed E-state index contributed by atoms with van der Waals surface area (Å²) in [6.07, 6.45) is 8.32. The van der Waals surface area contributed by atoms with Crippen LogP contribution in [0.5, 0.6) is 0 Å². The Bertz CT molecular complexity index is 336. The van der Waals surface area contributed by atoms with Crippen molar-refractivity contribution < 1.29 is 0 Å². The SMILES string of the molecule is C=C=C(CC(C)(C)C)N1CC2CC=CCC2C1. The Morgan fingerprint density at radius 2 is 1.76 bits per heavy atom. The van der Waals surface area contributed by atoms with Crippen LogP contribution in [0.4, 0.5) is 0 Å². The predicted octanol–water partition coefficient (Wildman–Crippen LogP) is 3.99. The van der Waals surface area contributed by atoms with Gasteiger partial charge < -0.3 is 4.90 Å². The van der Waals surface area contributed by atoms with E-state index in [4.69, 9.17) is 0 Å². The van der Waals surface area contributed by atoms with Crippen LogP contribution in [0.2, 0.25) is 0 Å². The highest BCUT2D eigenvalue weighted by Crippen LogP contribution is 2.36. The van der Waals surface area contributed by atoms with Crippen molar-refractivity contribution in [3.63, 3.8) is 0 Å². The quantitative estimate of drug-likeness (QED) is 0.513. The smallest absolute Gasteiger partial charge is 0.0563 e. The van der Waals surface area contributed by atoms with Crippen LogP contribution in [0.1, 0.15) is 40.0 Å². The molecule has 1 heteroatoms. The monoisotopic (exact) mass is 231 g/mol. The van der Waals surface area contributed by atoms with Crippen LogP contribution >= 0.6 is 0 Å². The summed E-state index contributed by atoms with van der Waals surface area (Å²) < 4.78 is 0. The molecule has 2 rings (SSSR count). The highest BCUT2D eigenvalue weighted by atomic mass is 15.2. The van der Waals surface area contributed by atoms with E-state index in [1.165, 1.54) is 31.6 Å². The van der Waals surface area contributed by atoms with E-state index in [0.717, 1.165) is 18.3 Å². The first-order chi connectivity index (χ1) is 7.99. The average molecular weight is 231 g/mol. The van der Waals surface area contributed by atoms with Gasteiger partial charge in [0.05, 0.1) is 5.70 Å². The molecule has 2 aliphatic rings. The van der Waals surface area contributed by atoms with Gasteiger partial charge in [-0.25, -0.2) is 0 Å². The van der Waals surface area contributed by atoms with Crippen molar-refractivity contribution in [3.8, 4) is 0 Å². The van der Waals surface area contributed by atoms with Gasteiger partial charge in [-0.2, -0.15) is 0 Å². The zero-order chi connectivity index (χ0) is 12.5. The van der Waals surface area contributed by atoms with Gasteiger partial charge in [0.2, 0.25) is 0 Å². The number of rotatable bonds is 2. The first-order valence-electron chi connectivity index (χ1n) is 6.78. The topological polar surface area (TPSA) is 3.24 Å². The van der Waals surface area contributed by atoms with Gasteiger partial charge in [0.25, 0.3) is 0 Å². The molecule has 2 unspecified atom stereocenters. The van der Waals surface area contributed by atoms with Crippen molar-refractivity contribution in [3.05, 3.63) is 30.2 Å². The zero-order valence-corrected chi connectivity index (χ0v) is 11.5. The lowest BCUT2D eigenvalue weighted by Gasteiger charge is -2.26. The molecule has 1 heterocycles. The Morgan fingerprint density at radius 1 is 1.24 bits per heavy atom. The van der Waals surface area contributed by atoms with E-state index in [9.17, 15) is 0 Å². The van der Waals surface area contributed by atoms with Crippen LogP contribution in [-0.4, -0.2) is 18.0 Å². The molecule has 17 heavy (non-hydrogen) atoms. The van der Waals surface area contributed by atoms with Crippen molar-refractivity contribution >= 4 is 0 Å². The van der Waals surface area contributed by atoms with Crippen LogP contribution in [0.25, 0.3) is 0 Å². The van der Waals surface area contributed by atoms with E-state index in [1.807, 2.05) is 0 Å². The van der Waals surface area contributed by atoms with E-state index in [0.29, 0.717) is 5.41 Å². The van der Waals surface area contributed by atoms with Gasteiger partial charge in [0, 0.05) is 13.1 Å². The third-order valence-electron chi connectivity index (χ3n) is 3.90. The maximum absolute atomic E-state index is 3.89. The van der Waals surface area contributed by atoms with E-state index in [2.05, 4.69) is 50.1 Å². The molecule has 1 saturated heterocycles. The first-order valence-corrected chi connectivity index (χ1v) is 6.78. The highest BCUT2D eigenvalue weighted by molar-refractivity contribution is 5.08. The lowest BCUT2D eigenvalue weighted by Crippen LogP contribution is -2.23. The standard InChI is InChI=1S/C16H25N/c1-5-15(10-16(2,3)4)17-11-13-8-6-7-9-14(13)12-17/h6-7,13-14H,1,8-12H2,2-4H3. The molecule has 0 bridgehead atoms. The van der Waals surface area contributed by atoms with Crippen LogP contribution in [0.15, 0.2) is 30.2 Å². The summed E-state index contributed by atoms with van der Waals surface area (Å²) in [6, 6.07) is 0. The van der Waals surface area contributed by atoms with E-state index in [1.54, 1.807) is 0 Å². The van der Waals surface area contributed by atoms with E-state index < -0.39 is 0 Å². The van der Waals surface area contributed by atoms with Gasteiger partial charge in [-0.05, 0) is 36.5 Å². The number of hydrogen-bond donors (Lipinski definition) is 0. The maximum atomic E-state index is 3.89. The maximum Gasteiger partial charge on any atom is 0.0563 e. The van der Waals surface area contributed by atoms with Gasteiger partial charge in [-0.1, -0.05) is 39.5 Å². The molecule has 1 nitrogen and oxygen atoms in total. The highest BCUT2D eigenvalue weighted by Gasteiger charge is 2.34. The summed E-state index contributed by atoms with van der Waals surface area (Å²) in [5.74, 6) is 1.73. The predicted molar refractivity (Wildman–Crippen MR) is 73.7 cm³/mol. The van der Waals surface area contributed by atoms with Gasteiger partial charge in [-0.15, -0.1) is 5.73 Å². The van der Waals surface area contributed by atoms with Crippen LogP contribution < -0.4 is 0 Å². The molecular formula is C16H25N. The Balaban J connectivity index is 2.02. The number of likely N-dealkylation sites (tertiary alicyclic amines) is 1. The summed E-state index contributed by atoms with van der Waals surface area (Å²) in [5, 5.41) is 0. The van der Waals surface area contributed by atoms with Crippen molar-refractivity contribution in [2.24, 2.45) is 17.3 Å². The van der Waals surface area contributed by atoms with Crippen LogP contribution in [-0.2, 0) is 0 Å². The fourth-order valence-corrected chi connectivity index (χ4v) is 3.02. The Kier molecular flexibility index (Phi) is 3.49. The molecule has 1 aliphatic carbocycles. The molecule has 0 radical (unpaired) electrons. The van der Waals surface area contributed by atoms with E-state index >= 15 is 0 Å². The lowest BCUT2D eigenvalue weighted by atomic mass is 9.86. The summed E-state index contributed by atoms with van der Waals surface area (Å²) in [5.41, 5.74) is 4.83. The normalized spacial score (nSPS) is 27.8. The molecule has 0 spiro atoms. The molecule has 2 atom stereocenters. The van der Waals surface area contributed by atoms with Crippen LogP contribution in [0, 0.1) is 17.3 Å². The minimum absolute atomic E-state index is 0.325. The van der Waals surface area contributed by atoms with E-state index in [-0.39, 0.29) is 0 Å². The Labute approximate surface area is 106 Å². The summed E-state index contributed by atoms with van der Waals surface area (Å²) in [6.45, 7) is 13.2. The van der Waals surface area contributed by atoms with Gasteiger partial charge in [0.1, 0.15) is 0 Å². The minimum atomic E-state index is 0.325. The molecule has 94 valence electrons. The molecule has 1 fully saturated rings. The second-order valence-corrected chi connectivity index (χ2v) is 6.73. The molecule has 0 aromatic heterocycles. The first kappa shape index (κ1) is 12.5. The van der Waals surface area contributed by atoms with Gasteiger partial charge >= 0.3 is 0 Å². The van der Waals surface area contributed by atoms with Crippen molar-refractivity contribution in [2.45, 2.75) is 40.0 Å². The Hall–Kier alpha value is -0.940. The number of allylic oxidation sites excluding steroid dienone is 3. The fourth-order valence-electron chi connectivity index (χ4n) is 3.02. The number of nitrogens with zero attached hydrogens (tertiary/aromatic N) is 1. The fraction of sp³-hybridized carbons (Fsp3) is 0.688. The minimum Gasteiger partial charge on any atom is -0.368 e. The molecule has 0 aromatic carbocycles. The molecular weight excluding hydrogens is 206 g/mol. The second kappa shape index (κ2) is 4.74. The van der Waals surface area contributed by atoms with Crippen molar-refractivity contribution in [2.75, 3.05) is 13.1 Å². The van der Waals surface area contributed by atoms with Gasteiger partial charge in [0.15, 0.2) is 0 Å². The van der Waals surface area contributed by atoms with Crippen molar-refractivity contribution in [1.29, 1.82) is 0 Å². The summed E-state index contributed by atoms with van der Waals surface area (Å²) in [4.78, 5) is 2.53. The summed E-state index contributed by atoms with van der Waals surface area (Å²) >= 11 is 0. The third-order valence-corrected chi connectivity index (χ3v) is 3.90. The molecule has 1 aliphatic heterocycles. The average Bonchev–Trinajstić information content (AvgIpc) is 2.67. The van der Waals surface area contributed by atoms with Crippen LogP contribution in [0.3, 0.4) is 0 Å². The lowest BCUT2D eigenvalue weighted by molar-refractivity contribution is 0.319. The van der Waals surface area contributed by atoms with Gasteiger partial charge in [-0.3, -0.25) is 0 Å². The Morgan fingerprint density at radius 3 is 2.18 bits per heavy atom. The van der Waals surface area contributed by atoms with Crippen molar-refractivity contribution in [1.82, 2.24) is 4.90 Å². The molecule has 0 N–H and O–H groups in total. The molecule has 0 saturated carbocycles. The molecule has 0 amide bonds. The second-order valence-electron chi connectivity index (χ2n) is 6.73. The number of hydrogen-bond acceptors (Lipinski definition) is 1. The largest absolute Gasteiger partial charge is 0.368 e.